The van der Waals surface area contributed by atoms with Gasteiger partial charge in [-0.05, 0) is 18.9 Å². The molecule has 0 aliphatic heterocycles. The van der Waals surface area contributed by atoms with Crippen molar-refractivity contribution in [2.45, 2.75) is 32.6 Å². The number of aliphatic carboxylic acids is 2. The Hall–Kier alpha value is -1.36. The standard InChI is InChI=1S/C12H21NO4/c1-2-3-5-10(8-12(16)17)9-13-7-4-6-11(14)15/h4,6,10,13H,2-3,5,7-9H2,1H3,(H,14,15)(H,16,17)/b6-4-. The number of nitrogens with one attached hydrogen (secondary N) is 1. The number of unbranched alkanes of at least 4 members (excludes halogenated alkanes) is 1. The Morgan fingerprint density at radius 1 is 1.35 bits per heavy atom. The van der Waals surface area contributed by atoms with Crippen molar-refractivity contribution in [1.82, 2.24) is 5.32 Å². The molecule has 0 fully saturated rings. The SMILES string of the molecule is CCCCC(CNC/C=C\C(=O)O)CC(=O)O. The first-order valence-electron chi connectivity index (χ1n) is 5.88. The fraction of sp³-hybridized carbons (Fsp3) is 0.667. The van der Waals surface area contributed by atoms with Crippen LogP contribution >= 0.6 is 0 Å². The van der Waals surface area contributed by atoms with Gasteiger partial charge in [-0.25, -0.2) is 4.79 Å². The highest BCUT2D eigenvalue weighted by Gasteiger charge is 2.11. The maximum Gasteiger partial charge on any atom is 0.328 e. The van der Waals surface area contributed by atoms with Crippen LogP contribution in [0.4, 0.5) is 0 Å². The average molecular weight is 243 g/mol. The number of hydrogen-bond acceptors (Lipinski definition) is 3. The molecule has 0 heterocycles. The predicted octanol–water partition coefficient (Wildman–Crippen LogP) is 1.50. The molecule has 0 saturated heterocycles. The predicted molar refractivity (Wildman–Crippen MR) is 64.9 cm³/mol. The third kappa shape index (κ3) is 10.9. The van der Waals surface area contributed by atoms with E-state index in [1.165, 1.54) is 6.08 Å². The number of carbonyl (C=O) groups is 2. The van der Waals surface area contributed by atoms with Crippen LogP contribution in [0.15, 0.2) is 12.2 Å². The van der Waals surface area contributed by atoms with Crippen molar-refractivity contribution in [1.29, 1.82) is 0 Å². The molecule has 1 unspecified atom stereocenters. The topological polar surface area (TPSA) is 86.6 Å². The summed E-state index contributed by atoms with van der Waals surface area (Å²) in [5.74, 6) is -1.64. The maximum atomic E-state index is 10.6. The molecule has 3 N–H and O–H groups in total. The third-order valence-corrected chi connectivity index (χ3v) is 2.38. The highest BCUT2D eigenvalue weighted by atomic mass is 16.4. The summed E-state index contributed by atoms with van der Waals surface area (Å²) in [5.41, 5.74) is 0. The van der Waals surface area contributed by atoms with E-state index in [9.17, 15) is 9.59 Å². The van der Waals surface area contributed by atoms with Gasteiger partial charge in [0.15, 0.2) is 0 Å². The lowest BCUT2D eigenvalue weighted by Crippen LogP contribution is -2.25. The number of rotatable bonds is 10. The van der Waals surface area contributed by atoms with E-state index in [1.54, 1.807) is 0 Å². The Kier molecular flexibility index (Phi) is 9.05. The van der Waals surface area contributed by atoms with Crippen LogP contribution in [0.3, 0.4) is 0 Å². The zero-order chi connectivity index (χ0) is 13.1. The molecule has 0 aliphatic rings. The minimum Gasteiger partial charge on any atom is -0.481 e. The Morgan fingerprint density at radius 3 is 2.59 bits per heavy atom. The van der Waals surface area contributed by atoms with E-state index in [4.69, 9.17) is 10.2 Å². The molecule has 5 heteroatoms. The van der Waals surface area contributed by atoms with Gasteiger partial charge in [0, 0.05) is 19.0 Å². The molecule has 5 nitrogen and oxygen atoms in total. The summed E-state index contributed by atoms with van der Waals surface area (Å²) in [5, 5.41) is 20.1. The van der Waals surface area contributed by atoms with Gasteiger partial charge in [0.05, 0.1) is 0 Å². The maximum absolute atomic E-state index is 10.6. The van der Waals surface area contributed by atoms with Gasteiger partial charge in [-0.2, -0.15) is 0 Å². The highest BCUT2D eigenvalue weighted by molar-refractivity contribution is 5.79. The monoisotopic (exact) mass is 243 g/mol. The summed E-state index contributed by atoms with van der Waals surface area (Å²) < 4.78 is 0. The van der Waals surface area contributed by atoms with Crippen molar-refractivity contribution in [3.05, 3.63) is 12.2 Å². The molecule has 0 radical (unpaired) electrons. The van der Waals surface area contributed by atoms with Crippen molar-refractivity contribution in [3.8, 4) is 0 Å². The molecule has 0 rings (SSSR count). The third-order valence-electron chi connectivity index (χ3n) is 2.38. The van der Waals surface area contributed by atoms with Gasteiger partial charge in [-0.3, -0.25) is 4.79 Å². The summed E-state index contributed by atoms with van der Waals surface area (Å²) in [6, 6.07) is 0. The van der Waals surface area contributed by atoms with E-state index in [-0.39, 0.29) is 12.3 Å². The first-order chi connectivity index (χ1) is 8.06. The fourth-order valence-electron chi connectivity index (χ4n) is 1.55. The summed E-state index contributed by atoms with van der Waals surface area (Å²) in [6.07, 6.45) is 5.71. The molecular weight excluding hydrogens is 222 g/mol. The molecule has 0 bridgehead atoms. The first-order valence-corrected chi connectivity index (χ1v) is 5.88. The van der Waals surface area contributed by atoms with Gasteiger partial charge in [0.25, 0.3) is 0 Å². The second kappa shape index (κ2) is 9.84. The second-order valence-electron chi connectivity index (χ2n) is 4.00. The minimum atomic E-state index is -0.972. The highest BCUT2D eigenvalue weighted by Crippen LogP contribution is 2.11. The number of hydrogen-bond donors (Lipinski definition) is 3. The average Bonchev–Trinajstić information content (AvgIpc) is 2.23. The lowest BCUT2D eigenvalue weighted by Gasteiger charge is -2.14. The Bertz CT molecular complexity index is 263. The Morgan fingerprint density at radius 2 is 2.06 bits per heavy atom. The van der Waals surface area contributed by atoms with Crippen LogP contribution in [0, 0.1) is 5.92 Å². The van der Waals surface area contributed by atoms with Gasteiger partial charge in [-0.15, -0.1) is 0 Å². The van der Waals surface area contributed by atoms with Gasteiger partial charge >= 0.3 is 11.9 Å². The van der Waals surface area contributed by atoms with Crippen LogP contribution in [-0.4, -0.2) is 35.2 Å². The molecule has 0 spiro atoms. The van der Waals surface area contributed by atoms with Gasteiger partial charge in [-0.1, -0.05) is 25.8 Å². The van der Waals surface area contributed by atoms with Crippen LogP contribution in [0.25, 0.3) is 0 Å². The van der Waals surface area contributed by atoms with Crippen molar-refractivity contribution in [3.63, 3.8) is 0 Å². The van der Waals surface area contributed by atoms with Crippen LogP contribution in [-0.2, 0) is 9.59 Å². The summed E-state index contributed by atoms with van der Waals surface area (Å²) in [7, 11) is 0. The first kappa shape index (κ1) is 15.6. The minimum absolute atomic E-state index is 0.116. The molecular formula is C12H21NO4. The molecule has 0 saturated carbocycles. The molecule has 0 aromatic carbocycles. The van der Waals surface area contributed by atoms with Gasteiger partial charge in [0.1, 0.15) is 0 Å². The number of carboxylic acids is 2. The zero-order valence-electron chi connectivity index (χ0n) is 10.2. The summed E-state index contributed by atoms with van der Waals surface area (Å²) in [4.78, 5) is 20.8. The van der Waals surface area contributed by atoms with Crippen LogP contribution in [0.2, 0.25) is 0 Å². The van der Waals surface area contributed by atoms with E-state index >= 15 is 0 Å². The molecule has 1 atom stereocenters. The van der Waals surface area contributed by atoms with E-state index in [1.807, 2.05) is 0 Å². The van der Waals surface area contributed by atoms with Crippen molar-refractivity contribution >= 4 is 11.9 Å². The molecule has 17 heavy (non-hydrogen) atoms. The van der Waals surface area contributed by atoms with E-state index < -0.39 is 11.9 Å². The number of carboxylic acid groups (broad SMARTS) is 2. The van der Waals surface area contributed by atoms with Crippen molar-refractivity contribution < 1.29 is 19.8 Å². The summed E-state index contributed by atoms with van der Waals surface area (Å²) >= 11 is 0. The molecule has 0 aromatic heterocycles. The van der Waals surface area contributed by atoms with E-state index in [0.717, 1.165) is 25.3 Å². The smallest absolute Gasteiger partial charge is 0.328 e. The van der Waals surface area contributed by atoms with Crippen LogP contribution in [0.1, 0.15) is 32.6 Å². The Balaban J connectivity index is 3.81. The second-order valence-corrected chi connectivity index (χ2v) is 4.00. The summed E-state index contributed by atoms with van der Waals surface area (Å²) in [6.45, 7) is 3.13. The molecule has 0 amide bonds. The van der Waals surface area contributed by atoms with Crippen LogP contribution < -0.4 is 5.32 Å². The zero-order valence-corrected chi connectivity index (χ0v) is 10.2. The quantitative estimate of drug-likeness (QED) is 0.400. The van der Waals surface area contributed by atoms with Gasteiger partial charge < -0.3 is 15.5 Å². The van der Waals surface area contributed by atoms with Gasteiger partial charge in [0.2, 0.25) is 0 Å². The lowest BCUT2D eigenvalue weighted by molar-refractivity contribution is -0.138. The fourth-order valence-corrected chi connectivity index (χ4v) is 1.55. The van der Waals surface area contributed by atoms with E-state index in [2.05, 4.69) is 12.2 Å². The molecule has 0 aromatic rings. The molecule has 98 valence electrons. The van der Waals surface area contributed by atoms with Crippen molar-refractivity contribution in [2.24, 2.45) is 5.92 Å². The largest absolute Gasteiger partial charge is 0.481 e. The normalized spacial score (nSPS) is 12.8. The van der Waals surface area contributed by atoms with Crippen LogP contribution in [0.5, 0.6) is 0 Å². The van der Waals surface area contributed by atoms with Crippen molar-refractivity contribution in [2.75, 3.05) is 13.1 Å². The van der Waals surface area contributed by atoms with E-state index in [0.29, 0.717) is 13.1 Å². The molecule has 0 aliphatic carbocycles. The Labute approximate surface area is 102 Å². The lowest BCUT2D eigenvalue weighted by atomic mass is 9.98.